The fourth-order valence-electron chi connectivity index (χ4n) is 3.91. The van der Waals surface area contributed by atoms with E-state index in [1.54, 1.807) is 44.4 Å². The molecule has 0 aliphatic carbocycles. The molecule has 0 spiro atoms. The number of benzene rings is 2. The second kappa shape index (κ2) is 8.90. The smallest absolute Gasteiger partial charge is 0.340 e. The first-order valence-electron chi connectivity index (χ1n) is 10.5. The highest BCUT2D eigenvalue weighted by Gasteiger charge is 2.19. The first-order chi connectivity index (χ1) is 15.8. The predicted octanol–water partition coefficient (Wildman–Crippen LogP) is 3.23. The van der Waals surface area contributed by atoms with Gasteiger partial charge in [0.25, 0.3) is 0 Å². The first-order valence-corrected chi connectivity index (χ1v) is 10.5. The summed E-state index contributed by atoms with van der Waals surface area (Å²) in [6.07, 6.45) is 2.00. The van der Waals surface area contributed by atoms with Crippen LogP contribution in [-0.4, -0.2) is 17.9 Å². The van der Waals surface area contributed by atoms with Crippen LogP contribution in [0.1, 0.15) is 30.9 Å². The van der Waals surface area contributed by atoms with Gasteiger partial charge in [-0.3, -0.25) is 4.79 Å². The largest absolute Gasteiger partial charge is 0.548 e. The molecule has 33 heavy (non-hydrogen) atoms. The zero-order chi connectivity index (χ0) is 23.7. The van der Waals surface area contributed by atoms with Gasteiger partial charge >= 0.3 is 5.63 Å². The van der Waals surface area contributed by atoms with E-state index in [1.165, 1.54) is 12.1 Å². The van der Waals surface area contributed by atoms with Gasteiger partial charge in [-0.1, -0.05) is 25.5 Å². The number of aryl methyl sites for hydroxylation is 1. The minimum Gasteiger partial charge on any atom is -0.548 e. The summed E-state index contributed by atoms with van der Waals surface area (Å²) in [6, 6.07) is 8.27. The molecule has 1 N–H and O–H groups in total. The lowest BCUT2D eigenvalue weighted by molar-refractivity contribution is -0.308. The number of nitrogens with one attached hydrogen (secondary N) is 1. The lowest BCUT2D eigenvalue weighted by Crippen LogP contribution is -2.48. The summed E-state index contributed by atoms with van der Waals surface area (Å²) >= 11 is 0. The fourth-order valence-corrected chi connectivity index (χ4v) is 3.91. The molecular weight excluding hydrogens is 429 g/mol. The van der Waals surface area contributed by atoms with Crippen molar-refractivity contribution in [3.05, 3.63) is 70.0 Å². The van der Waals surface area contributed by atoms with E-state index in [4.69, 9.17) is 8.83 Å². The number of carbonyl (C=O) groups is 2. The number of amides is 1. The van der Waals surface area contributed by atoms with Crippen molar-refractivity contribution in [1.29, 1.82) is 0 Å². The van der Waals surface area contributed by atoms with Crippen LogP contribution in [0.4, 0.5) is 4.39 Å². The highest BCUT2D eigenvalue weighted by Crippen LogP contribution is 2.34. The van der Waals surface area contributed by atoms with Crippen LogP contribution >= 0.6 is 0 Å². The van der Waals surface area contributed by atoms with E-state index < -0.39 is 23.5 Å². The van der Waals surface area contributed by atoms with Crippen molar-refractivity contribution >= 4 is 33.8 Å². The monoisotopic (exact) mass is 450 g/mol. The zero-order valence-corrected chi connectivity index (χ0v) is 18.1. The molecule has 4 aromatic rings. The number of carbonyl (C=O) groups excluding carboxylic acids is 2. The molecule has 0 fully saturated rings. The van der Waals surface area contributed by atoms with E-state index in [1.807, 2.05) is 0 Å². The molecule has 0 bridgehead atoms. The minimum atomic E-state index is -1.37. The van der Waals surface area contributed by atoms with Crippen molar-refractivity contribution < 1.29 is 27.9 Å². The molecular formula is C25H21FNO6-. The van der Waals surface area contributed by atoms with Gasteiger partial charge in [-0.2, -0.15) is 0 Å². The van der Waals surface area contributed by atoms with Crippen molar-refractivity contribution in [2.75, 3.05) is 0 Å². The number of aliphatic carboxylic acids is 1. The van der Waals surface area contributed by atoms with Gasteiger partial charge in [-0.05, 0) is 42.7 Å². The third-order valence-corrected chi connectivity index (χ3v) is 5.67. The van der Waals surface area contributed by atoms with E-state index in [9.17, 15) is 23.9 Å². The van der Waals surface area contributed by atoms with Gasteiger partial charge in [-0.15, -0.1) is 0 Å². The molecule has 7 nitrogen and oxygen atoms in total. The first kappa shape index (κ1) is 22.3. The number of carboxylic acid groups (broad SMARTS) is 1. The SMILES string of the molecule is CCC[C@H](NC(=O)Cc1c(C)c2cc3c(-c4ccc(F)cc4)coc3cc2oc1=O)C(=O)[O-]. The molecule has 0 aliphatic rings. The number of rotatable bonds is 7. The normalized spacial score (nSPS) is 12.2. The summed E-state index contributed by atoms with van der Waals surface area (Å²) in [6.45, 7) is 3.49. The van der Waals surface area contributed by atoms with Crippen LogP contribution in [0.5, 0.6) is 0 Å². The highest BCUT2D eigenvalue weighted by atomic mass is 19.1. The van der Waals surface area contributed by atoms with Crippen LogP contribution < -0.4 is 16.0 Å². The van der Waals surface area contributed by atoms with Crippen molar-refractivity contribution in [3.63, 3.8) is 0 Å². The van der Waals surface area contributed by atoms with E-state index in [2.05, 4.69) is 5.32 Å². The molecule has 8 heteroatoms. The van der Waals surface area contributed by atoms with Crippen molar-refractivity contribution in [2.45, 2.75) is 39.2 Å². The van der Waals surface area contributed by atoms with Crippen LogP contribution in [0, 0.1) is 12.7 Å². The van der Waals surface area contributed by atoms with E-state index in [0.29, 0.717) is 28.5 Å². The molecule has 1 atom stereocenters. The Kier molecular flexibility index (Phi) is 6.00. The van der Waals surface area contributed by atoms with Crippen molar-refractivity contribution in [1.82, 2.24) is 5.32 Å². The van der Waals surface area contributed by atoms with E-state index >= 15 is 0 Å². The quantitative estimate of drug-likeness (QED) is 0.433. The Morgan fingerprint density at radius 2 is 1.85 bits per heavy atom. The molecule has 0 aliphatic heterocycles. The van der Waals surface area contributed by atoms with Gasteiger partial charge < -0.3 is 24.1 Å². The molecule has 0 unspecified atom stereocenters. The van der Waals surface area contributed by atoms with Crippen molar-refractivity contribution in [3.8, 4) is 11.1 Å². The minimum absolute atomic E-state index is 0.139. The van der Waals surface area contributed by atoms with Gasteiger partial charge in [0.2, 0.25) is 5.91 Å². The Morgan fingerprint density at radius 1 is 1.12 bits per heavy atom. The van der Waals surface area contributed by atoms with Gasteiger partial charge in [0, 0.05) is 22.4 Å². The molecule has 2 heterocycles. The number of halogens is 1. The highest BCUT2D eigenvalue weighted by molar-refractivity contribution is 6.02. The third kappa shape index (κ3) is 4.37. The summed E-state index contributed by atoms with van der Waals surface area (Å²) < 4.78 is 24.4. The number of fused-ring (bicyclic) bond motifs is 2. The van der Waals surface area contributed by atoms with E-state index in [-0.39, 0.29) is 24.2 Å². The standard InChI is InChI=1S/C25H22FNO6/c1-3-4-20(24(29)30)27-23(28)10-17-13(2)16-9-18-19(14-5-7-15(26)8-6-14)12-32-21(18)11-22(16)33-25(17)31/h5-9,11-12,20H,3-4,10H2,1-2H3,(H,27,28)(H,29,30)/p-1/t20-/m0/s1. The van der Waals surface area contributed by atoms with Crippen LogP contribution in [-0.2, 0) is 16.0 Å². The average molecular weight is 450 g/mol. The second-order valence-electron chi connectivity index (χ2n) is 7.90. The summed E-state index contributed by atoms with van der Waals surface area (Å²) in [7, 11) is 0. The van der Waals surface area contributed by atoms with Crippen LogP contribution in [0.3, 0.4) is 0 Å². The molecule has 0 saturated carbocycles. The molecule has 2 aromatic carbocycles. The fraction of sp³-hybridized carbons (Fsp3) is 0.240. The Morgan fingerprint density at radius 3 is 2.52 bits per heavy atom. The van der Waals surface area contributed by atoms with Crippen LogP contribution in [0.2, 0.25) is 0 Å². The number of hydrogen-bond donors (Lipinski definition) is 1. The lowest BCUT2D eigenvalue weighted by Gasteiger charge is -2.19. The van der Waals surface area contributed by atoms with Gasteiger partial charge in [0.1, 0.15) is 17.0 Å². The zero-order valence-electron chi connectivity index (χ0n) is 18.1. The number of furan rings is 1. The summed E-state index contributed by atoms with van der Waals surface area (Å²) in [5, 5.41) is 15.0. The molecule has 0 saturated heterocycles. The topological polar surface area (TPSA) is 113 Å². The summed E-state index contributed by atoms with van der Waals surface area (Å²) in [5.41, 5.74) is 2.30. The molecule has 4 rings (SSSR count). The van der Waals surface area contributed by atoms with Gasteiger partial charge in [-0.25, -0.2) is 9.18 Å². The maximum absolute atomic E-state index is 13.3. The van der Waals surface area contributed by atoms with Crippen molar-refractivity contribution in [2.24, 2.45) is 0 Å². The molecule has 0 radical (unpaired) electrons. The van der Waals surface area contributed by atoms with Crippen LogP contribution in [0.25, 0.3) is 33.1 Å². The Labute approximate surface area is 187 Å². The third-order valence-electron chi connectivity index (χ3n) is 5.67. The maximum atomic E-state index is 13.3. The Bertz CT molecular complexity index is 1420. The van der Waals surface area contributed by atoms with E-state index in [0.717, 1.165) is 16.5 Å². The number of carboxylic acids is 1. The summed E-state index contributed by atoms with van der Waals surface area (Å²) in [5.74, 6) is -2.33. The molecule has 2 aromatic heterocycles. The second-order valence-corrected chi connectivity index (χ2v) is 7.90. The van der Waals surface area contributed by atoms with Gasteiger partial charge in [0.05, 0.1) is 30.3 Å². The predicted molar refractivity (Wildman–Crippen MR) is 118 cm³/mol. The number of hydrogen-bond acceptors (Lipinski definition) is 6. The average Bonchev–Trinajstić information content (AvgIpc) is 3.18. The molecule has 1 amide bonds. The maximum Gasteiger partial charge on any atom is 0.340 e. The lowest BCUT2D eigenvalue weighted by atomic mass is 9.99. The Balaban J connectivity index is 1.74. The Hall–Kier alpha value is -3.94. The summed E-state index contributed by atoms with van der Waals surface area (Å²) in [4.78, 5) is 36.3. The van der Waals surface area contributed by atoms with Gasteiger partial charge in [0.15, 0.2) is 0 Å². The van der Waals surface area contributed by atoms with Crippen LogP contribution in [0.15, 0.2) is 56.3 Å². The molecule has 170 valence electrons.